The Morgan fingerprint density at radius 3 is 2.20 bits per heavy atom. The maximum Gasteiger partial charge on any atom is 0.303 e. The molecule has 60 heavy (non-hydrogen) atoms. The minimum absolute atomic E-state index is 0.0148. The number of carbonyl (C=O) groups excluding carboxylic acids is 2. The number of unbranched alkanes of at least 4 members (excludes halogenated alkanes) is 2. The number of hydrogen-bond donors (Lipinski definition) is 4. The molecule has 1 aliphatic carbocycles. The second-order valence-corrected chi connectivity index (χ2v) is 22.0. The van der Waals surface area contributed by atoms with E-state index in [0.717, 1.165) is 20.4 Å². The fourth-order valence-electron chi connectivity index (χ4n) is 9.16. The molecule has 316 valence electrons. The van der Waals surface area contributed by atoms with Crippen LogP contribution >= 0.6 is 15.9 Å². The zero-order chi connectivity index (χ0) is 43.0. The van der Waals surface area contributed by atoms with E-state index in [9.17, 15) is 29.7 Å². The number of rotatable bonds is 18. The predicted octanol–water partition coefficient (Wildman–Crippen LogP) is 7.36. The van der Waals surface area contributed by atoms with Gasteiger partial charge in [-0.25, -0.2) is 0 Å². The van der Waals surface area contributed by atoms with E-state index in [0.29, 0.717) is 48.1 Å². The molecule has 0 saturated carbocycles. The number of pyridine rings is 1. The number of aliphatic hydroxyl groups is 2. The Morgan fingerprint density at radius 2 is 1.60 bits per heavy atom. The largest absolute Gasteiger partial charge is 0.507 e. The lowest BCUT2D eigenvalue weighted by Crippen LogP contribution is -2.66. The Labute approximate surface area is 361 Å². The molecule has 2 heterocycles. The quantitative estimate of drug-likeness (QED) is 0.0347. The fourth-order valence-corrected chi connectivity index (χ4v) is 14.1. The van der Waals surface area contributed by atoms with Crippen molar-refractivity contribution in [3.8, 4) is 5.75 Å². The first-order chi connectivity index (χ1) is 28.8. The van der Waals surface area contributed by atoms with Crippen molar-refractivity contribution < 1.29 is 39.2 Å². The second kappa shape index (κ2) is 19.8. The number of imide groups is 1. The number of phenolic OH excluding ortho intramolecular Hbond substituents is 1. The number of hydrogen-bond acceptors (Lipinski definition) is 8. The number of fused-ring (bicyclic) bond motifs is 1. The topological polar surface area (TPSA) is 157 Å². The van der Waals surface area contributed by atoms with E-state index in [4.69, 9.17) is 9.53 Å². The van der Waals surface area contributed by atoms with Crippen LogP contribution in [0.1, 0.15) is 77.0 Å². The summed E-state index contributed by atoms with van der Waals surface area (Å²) in [7, 11) is -3.10. The van der Waals surface area contributed by atoms with Crippen LogP contribution in [0.2, 0.25) is 5.04 Å². The number of aliphatic hydroxyl groups excluding tert-OH is 2. The SMILES string of the molecule is CC(C)(C)[Si](OCC1=C([C@H](O)CC/C(=C/c2cc(Br)ccc2O)c2ccccn2)[C@H](CO)[C@@H]2C(=O)N(CCCCCC(=O)O)C(=O)[C@@H]2C1)(c1ccccc1)c1ccccc1. The van der Waals surface area contributed by atoms with E-state index in [2.05, 4.69) is 66.0 Å². The van der Waals surface area contributed by atoms with Gasteiger partial charge in [-0.2, -0.15) is 0 Å². The molecule has 6 rings (SSSR count). The lowest BCUT2D eigenvalue weighted by molar-refractivity contribution is -0.141. The number of carbonyl (C=O) groups is 3. The molecule has 1 fully saturated rings. The van der Waals surface area contributed by atoms with Crippen molar-refractivity contribution >= 4 is 64.1 Å². The van der Waals surface area contributed by atoms with E-state index < -0.39 is 44.8 Å². The minimum Gasteiger partial charge on any atom is -0.507 e. The lowest BCUT2D eigenvalue weighted by Gasteiger charge is -2.44. The van der Waals surface area contributed by atoms with Gasteiger partial charge < -0.3 is 24.9 Å². The molecular formula is C48H55BrN2O8Si. The van der Waals surface area contributed by atoms with Gasteiger partial charge in [-0.1, -0.05) is 110 Å². The number of allylic oxidation sites excluding steroid dienone is 1. The van der Waals surface area contributed by atoms with Crippen LogP contribution in [0.25, 0.3) is 11.6 Å². The van der Waals surface area contributed by atoms with Crippen LogP contribution in [0.4, 0.5) is 0 Å². The van der Waals surface area contributed by atoms with Gasteiger partial charge in [0.1, 0.15) is 5.75 Å². The van der Waals surface area contributed by atoms with Crippen LogP contribution in [0.3, 0.4) is 0 Å². The first-order valence-corrected chi connectivity index (χ1v) is 23.4. The Morgan fingerprint density at radius 1 is 0.933 bits per heavy atom. The van der Waals surface area contributed by atoms with Gasteiger partial charge in [0.25, 0.3) is 8.32 Å². The Hall–Kier alpha value is -4.72. The van der Waals surface area contributed by atoms with Gasteiger partial charge in [-0.05, 0) is 101 Å². The van der Waals surface area contributed by atoms with Gasteiger partial charge in [-0.3, -0.25) is 24.3 Å². The van der Waals surface area contributed by atoms with Gasteiger partial charge in [0.05, 0.1) is 36.8 Å². The average molecular weight is 896 g/mol. The van der Waals surface area contributed by atoms with Crippen LogP contribution in [0, 0.1) is 17.8 Å². The summed E-state index contributed by atoms with van der Waals surface area (Å²) in [5.74, 6) is -3.95. The van der Waals surface area contributed by atoms with Crippen LogP contribution < -0.4 is 10.4 Å². The van der Waals surface area contributed by atoms with E-state index >= 15 is 0 Å². The second-order valence-electron chi connectivity index (χ2n) is 16.8. The van der Waals surface area contributed by atoms with Crippen molar-refractivity contribution in [2.45, 2.75) is 76.9 Å². The van der Waals surface area contributed by atoms with Crippen molar-refractivity contribution in [1.82, 2.24) is 9.88 Å². The summed E-state index contributed by atoms with van der Waals surface area (Å²) in [4.78, 5) is 45.4. The van der Waals surface area contributed by atoms with Crippen LogP contribution in [-0.4, -0.2) is 82.3 Å². The zero-order valence-electron chi connectivity index (χ0n) is 34.5. The van der Waals surface area contributed by atoms with Crippen LogP contribution in [0.15, 0.2) is 119 Å². The zero-order valence-corrected chi connectivity index (χ0v) is 37.1. The molecule has 12 heteroatoms. The highest BCUT2D eigenvalue weighted by Crippen LogP contribution is 2.47. The van der Waals surface area contributed by atoms with E-state index in [-0.39, 0.29) is 55.0 Å². The molecule has 4 aromatic rings. The minimum atomic E-state index is -3.10. The van der Waals surface area contributed by atoms with Crippen molar-refractivity contribution in [2.24, 2.45) is 17.8 Å². The normalized spacial score (nSPS) is 19.1. The number of benzene rings is 3. The summed E-state index contributed by atoms with van der Waals surface area (Å²) in [6, 6.07) is 31.1. The number of nitrogens with zero attached hydrogens (tertiary/aromatic N) is 2. The molecule has 4 atom stereocenters. The van der Waals surface area contributed by atoms with Gasteiger partial charge in [0.2, 0.25) is 11.8 Å². The summed E-state index contributed by atoms with van der Waals surface area (Å²) < 4.78 is 8.19. The van der Waals surface area contributed by atoms with E-state index in [1.165, 1.54) is 4.90 Å². The Bertz CT molecular complexity index is 2150. The maximum absolute atomic E-state index is 14.2. The Balaban J connectivity index is 1.40. The summed E-state index contributed by atoms with van der Waals surface area (Å²) in [6.45, 7) is 6.31. The van der Waals surface area contributed by atoms with E-state index in [1.54, 1.807) is 24.4 Å². The van der Waals surface area contributed by atoms with Crippen molar-refractivity contribution in [2.75, 3.05) is 19.8 Å². The molecule has 4 N–H and O–H groups in total. The van der Waals surface area contributed by atoms with Gasteiger partial charge in [0, 0.05) is 35.1 Å². The number of carboxylic acids is 1. The summed E-state index contributed by atoms with van der Waals surface area (Å²) in [6.07, 6.45) is 4.59. The number of carboxylic acid groups (broad SMARTS) is 1. The third kappa shape index (κ3) is 9.74. The summed E-state index contributed by atoms with van der Waals surface area (Å²) in [5.41, 5.74) is 3.24. The van der Waals surface area contributed by atoms with Gasteiger partial charge in [-0.15, -0.1) is 0 Å². The first-order valence-electron chi connectivity index (χ1n) is 20.7. The number of aliphatic carboxylic acids is 1. The van der Waals surface area contributed by atoms with Crippen LogP contribution in [-0.2, 0) is 18.8 Å². The molecule has 0 spiro atoms. The standard InChI is InChI=1S/C48H55BrN2O8Si/c1-48(2,3)60(36-15-7-4-8-16-36,37-17-9-5-10-18-37)59-31-34-29-38-45(47(58)51(46(38)57)26-14-6-11-20-43(55)56)39(30-52)44(34)42(54)23-21-32(40-19-12-13-25-50-40)27-33-28-35(49)22-24-41(33)53/h4-5,7-10,12-13,15-19,22,24-25,27-28,38-39,42,45,52-54H,6,11,14,20-21,23,26,29-31H2,1-3H3,(H,55,56)/b32-27-/t38-,39+,42-,45-/m1/s1. The highest BCUT2D eigenvalue weighted by atomic mass is 79.9. The average Bonchev–Trinajstić information content (AvgIpc) is 3.47. The molecule has 0 unspecified atom stereocenters. The highest BCUT2D eigenvalue weighted by molar-refractivity contribution is 9.10. The molecule has 3 aromatic carbocycles. The summed E-state index contributed by atoms with van der Waals surface area (Å²) in [5, 5.41) is 45.3. The monoisotopic (exact) mass is 894 g/mol. The van der Waals surface area contributed by atoms with Crippen molar-refractivity contribution in [1.29, 1.82) is 0 Å². The molecule has 2 aliphatic rings. The first kappa shape index (κ1) is 44.8. The maximum atomic E-state index is 14.2. The third-order valence-corrected chi connectivity index (χ3v) is 17.5. The molecule has 2 amide bonds. The van der Waals surface area contributed by atoms with Crippen molar-refractivity contribution in [3.63, 3.8) is 0 Å². The molecule has 1 saturated heterocycles. The fraction of sp³-hybridized carbons (Fsp3) is 0.375. The molecule has 1 aliphatic heterocycles. The summed E-state index contributed by atoms with van der Waals surface area (Å²) >= 11 is 3.50. The predicted molar refractivity (Wildman–Crippen MR) is 239 cm³/mol. The number of aromatic hydroxyl groups is 1. The lowest BCUT2D eigenvalue weighted by atomic mass is 9.68. The van der Waals surface area contributed by atoms with E-state index in [1.807, 2.05) is 60.7 Å². The molecular weight excluding hydrogens is 841 g/mol. The van der Waals surface area contributed by atoms with Gasteiger partial charge >= 0.3 is 5.97 Å². The number of aromatic nitrogens is 1. The molecule has 0 radical (unpaired) electrons. The molecule has 0 bridgehead atoms. The highest BCUT2D eigenvalue weighted by Gasteiger charge is 2.56. The molecule has 1 aromatic heterocycles. The van der Waals surface area contributed by atoms with Gasteiger partial charge in [0.15, 0.2) is 0 Å². The third-order valence-electron chi connectivity index (χ3n) is 12.0. The Kier molecular flexibility index (Phi) is 14.8. The van der Waals surface area contributed by atoms with Crippen LogP contribution in [0.5, 0.6) is 5.75 Å². The number of halogens is 1. The molecule has 10 nitrogen and oxygen atoms in total. The number of amides is 2. The number of phenols is 1. The smallest absolute Gasteiger partial charge is 0.303 e. The van der Waals surface area contributed by atoms with Crippen molar-refractivity contribution in [3.05, 3.63) is 130 Å². The number of likely N-dealkylation sites (tertiary alicyclic amines) is 1.